The summed E-state index contributed by atoms with van der Waals surface area (Å²) in [5.41, 5.74) is 1.03. The fourth-order valence-electron chi connectivity index (χ4n) is 1.68. The summed E-state index contributed by atoms with van der Waals surface area (Å²) in [6, 6.07) is 5.09. The summed E-state index contributed by atoms with van der Waals surface area (Å²) in [6.07, 6.45) is -0.00388. The minimum Gasteiger partial charge on any atom is -0.492 e. The third-order valence-electron chi connectivity index (χ3n) is 2.45. The van der Waals surface area contributed by atoms with Crippen molar-refractivity contribution in [1.82, 2.24) is 0 Å². The standard InChI is InChI=1S/C11H12O4/c1-14-11(13)8-4-2-3-7-9(12)5-6-15-10(7)8/h2-4,9,12H,5-6H2,1H3. The first-order valence-electron chi connectivity index (χ1n) is 4.76. The molecule has 0 bridgehead atoms. The lowest BCUT2D eigenvalue weighted by molar-refractivity contribution is 0.0589. The molecule has 1 aromatic carbocycles. The molecule has 4 nitrogen and oxygen atoms in total. The molecule has 80 valence electrons. The maximum absolute atomic E-state index is 11.4. The van der Waals surface area contributed by atoms with Crippen LogP contribution in [0.15, 0.2) is 18.2 Å². The van der Waals surface area contributed by atoms with Gasteiger partial charge in [-0.1, -0.05) is 12.1 Å². The van der Waals surface area contributed by atoms with Crippen LogP contribution in [0.5, 0.6) is 5.75 Å². The fourth-order valence-corrected chi connectivity index (χ4v) is 1.68. The SMILES string of the molecule is COC(=O)c1cccc2c1OCCC2O. The zero-order valence-electron chi connectivity index (χ0n) is 8.40. The number of hydrogen-bond donors (Lipinski definition) is 1. The van der Waals surface area contributed by atoms with Crippen LogP contribution in [0.4, 0.5) is 0 Å². The first kappa shape index (κ1) is 9.98. The molecule has 0 aliphatic carbocycles. The summed E-state index contributed by atoms with van der Waals surface area (Å²) >= 11 is 0. The van der Waals surface area contributed by atoms with Crippen LogP contribution < -0.4 is 4.74 Å². The molecule has 1 unspecified atom stereocenters. The molecule has 4 heteroatoms. The Bertz CT molecular complexity index is 386. The number of hydrogen-bond acceptors (Lipinski definition) is 4. The van der Waals surface area contributed by atoms with E-state index in [1.807, 2.05) is 0 Å². The Morgan fingerprint density at radius 1 is 1.60 bits per heavy atom. The number of para-hydroxylation sites is 1. The number of esters is 1. The largest absolute Gasteiger partial charge is 0.492 e. The van der Waals surface area contributed by atoms with Crippen molar-refractivity contribution < 1.29 is 19.4 Å². The maximum Gasteiger partial charge on any atom is 0.341 e. The molecular formula is C11H12O4. The number of carbonyl (C=O) groups excluding carboxylic acids is 1. The summed E-state index contributed by atoms with van der Waals surface area (Å²) in [6.45, 7) is 0.419. The maximum atomic E-state index is 11.4. The van der Waals surface area contributed by atoms with E-state index in [4.69, 9.17) is 4.74 Å². The van der Waals surface area contributed by atoms with Crippen molar-refractivity contribution in [1.29, 1.82) is 0 Å². The van der Waals surface area contributed by atoms with Gasteiger partial charge in [0, 0.05) is 12.0 Å². The highest BCUT2D eigenvalue weighted by Crippen LogP contribution is 2.34. The van der Waals surface area contributed by atoms with Crippen molar-refractivity contribution in [2.75, 3.05) is 13.7 Å². The lowest BCUT2D eigenvalue weighted by atomic mass is 10.00. The molecular weight excluding hydrogens is 196 g/mol. The normalized spacial score (nSPS) is 18.9. The van der Waals surface area contributed by atoms with Crippen molar-refractivity contribution in [2.45, 2.75) is 12.5 Å². The zero-order chi connectivity index (χ0) is 10.8. The summed E-state index contributed by atoms with van der Waals surface area (Å²) < 4.78 is 10.0. The van der Waals surface area contributed by atoms with Crippen LogP contribution >= 0.6 is 0 Å². The number of benzene rings is 1. The monoisotopic (exact) mass is 208 g/mol. The third-order valence-corrected chi connectivity index (χ3v) is 2.45. The Hall–Kier alpha value is -1.55. The lowest BCUT2D eigenvalue weighted by Crippen LogP contribution is -2.17. The molecule has 1 aliphatic rings. The van der Waals surface area contributed by atoms with Crippen molar-refractivity contribution >= 4 is 5.97 Å². The van der Waals surface area contributed by atoms with Gasteiger partial charge in [0.05, 0.1) is 19.8 Å². The van der Waals surface area contributed by atoms with Crippen LogP contribution in [0, 0.1) is 0 Å². The van der Waals surface area contributed by atoms with Gasteiger partial charge in [0.1, 0.15) is 11.3 Å². The first-order chi connectivity index (χ1) is 7.24. The van der Waals surface area contributed by atoms with Gasteiger partial charge in [-0.2, -0.15) is 0 Å². The molecule has 0 fully saturated rings. The number of methoxy groups -OCH3 is 1. The van der Waals surface area contributed by atoms with E-state index < -0.39 is 12.1 Å². The summed E-state index contributed by atoms with van der Waals surface area (Å²) in [4.78, 5) is 11.4. The van der Waals surface area contributed by atoms with Crippen molar-refractivity contribution in [3.63, 3.8) is 0 Å². The van der Waals surface area contributed by atoms with Gasteiger partial charge in [0.2, 0.25) is 0 Å². The molecule has 0 saturated carbocycles. The van der Waals surface area contributed by atoms with E-state index in [0.717, 1.165) is 0 Å². The molecule has 2 rings (SSSR count). The average Bonchev–Trinajstić information content (AvgIpc) is 2.28. The van der Waals surface area contributed by atoms with Gasteiger partial charge in [-0.05, 0) is 6.07 Å². The van der Waals surface area contributed by atoms with E-state index in [-0.39, 0.29) is 0 Å². The van der Waals surface area contributed by atoms with Crippen molar-refractivity contribution in [3.05, 3.63) is 29.3 Å². The Morgan fingerprint density at radius 2 is 2.40 bits per heavy atom. The Labute approximate surface area is 87.4 Å². The lowest BCUT2D eigenvalue weighted by Gasteiger charge is -2.23. The van der Waals surface area contributed by atoms with Crippen LogP contribution in [0.25, 0.3) is 0 Å². The van der Waals surface area contributed by atoms with E-state index in [0.29, 0.717) is 29.9 Å². The van der Waals surface area contributed by atoms with Gasteiger partial charge in [-0.25, -0.2) is 4.79 Å². The van der Waals surface area contributed by atoms with Crippen LogP contribution in [-0.4, -0.2) is 24.8 Å². The minimum absolute atomic E-state index is 0.369. The molecule has 1 N–H and O–H groups in total. The molecule has 1 heterocycles. The molecule has 0 radical (unpaired) electrons. The number of rotatable bonds is 1. The second-order valence-electron chi connectivity index (χ2n) is 3.37. The van der Waals surface area contributed by atoms with Crippen molar-refractivity contribution in [2.24, 2.45) is 0 Å². The fraction of sp³-hybridized carbons (Fsp3) is 0.364. The summed E-state index contributed by atoms with van der Waals surface area (Å²) in [5, 5.41) is 9.71. The number of ether oxygens (including phenoxy) is 2. The van der Waals surface area contributed by atoms with Gasteiger partial charge in [0.25, 0.3) is 0 Å². The second-order valence-corrected chi connectivity index (χ2v) is 3.37. The average molecular weight is 208 g/mol. The Balaban J connectivity index is 2.49. The smallest absolute Gasteiger partial charge is 0.341 e. The molecule has 0 spiro atoms. The van der Waals surface area contributed by atoms with Crippen LogP contribution in [0.3, 0.4) is 0 Å². The van der Waals surface area contributed by atoms with Crippen LogP contribution in [0.2, 0.25) is 0 Å². The zero-order valence-corrected chi connectivity index (χ0v) is 8.40. The topological polar surface area (TPSA) is 55.8 Å². The Morgan fingerprint density at radius 3 is 3.13 bits per heavy atom. The van der Waals surface area contributed by atoms with E-state index in [9.17, 15) is 9.90 Å². The second kappa shape index (κ2) is 3.90. The third kappa shape index (κ3) is 1.68. The van der Waals surface area contributed by atoms with E-state index in [1.165, 1.54) is 7.11 Å². The van der Waals surface area contributed by atoms with Gasteiger partial charge in [0.15, 0.2) is 0 Å². The minimum atomic E-state index is -0.557. The van der Waals surface area contributed by atoms with E-state index >= 15 is 0 Å². The predicted molar refractivity (Wildman–Crippen MR) is 52.9 cm³/mol. The van der Waals surface area contributed by atoms with Gasteiger partial charge < -0.3 is 14.6 Å². The molecule has 1 aliphatic heterocycles. The van der Waals surface area contributed by atoms with E-state index in [2.05, 4.69) is 4.74 Å². The molecule has 1 atom stereocenters. The number of aliphatic hydroxyl groups is 1. The van der Waals surface area contributed by atoms with Crippen LogP contribution in [0.1, 0.15) is 28.4 Å². The molecule has 0 aromatic heterocycles. The molecule has 15 heavy (non-hydrogen) atoms. The molecule has 1 aromatic rings. The number of fused-ring (bicyclic) bond motifs is 1. The van der Waals surface area contributed by atoms with Crippen molar-refractivity contribution in [3.8, 4) is 5.75 Å². The Kier molecular flexibility index (Phi) is 2.60. The van der Waals surface area contributed by atoms with Gasteiger partial charge in [-0.15, -0.1) is 0 Å². The van der Waals surface area contributed by atoms with E-state index in [1.54, 1.807) is 18.2 Å². The summed E-state index contributed by atoms with van der Waals surface area (Å²) in [5.74, 6) is 0.00375. The summed E-state index contributed by atoms with van der Waals surface area (Å²) in [7, 11) is 1.32. The first-order valence-corrected chi connectivity index (χ1v) is 4.76. The number of carbonyl (C=O) groups is 1. The van der Waals surface area contributed by atoms with Gasteiger partial charge in [-0.3, -0.25) is 0 Å². The molecule has 0 amide bonds. The van der Waals surface area contributed by atoms with Gasteiger partial charge >= 0.3 is 5.97 Å². The highest BCUT2D eigenvalue weighted by atomic mass is 16.5. The van der Waals surface area contributed by atoms with Crippen LogP contribution in [-0.2, 0) is 4.74 Å². The highest BCUT2D eigenvalue weighted by Gasteiger charge is 2.24. The number of aliphatic hydroxyl groups excluding tert-OH is 1. The highest BCUT2D eigenvalue weighted by molar-refractivity contribution is 5.93. The predicted octanol–water partition coefficient (Wildman–Crippen LogP) is 1.29. The quantitative estimate of drug-likeness (QED) is 0.706. The molecule has 0 saturated heterocycles.